The van der Waals surface area contributed by atoms with Crippen molar-refractivity contribution in [1.29, 1.82) is 0 Å². The number of hydrogen-bond acceptors (Lipinski definition) is 15. The highest BCUT2D eigenvalue weighted by Crippen LogP contribution is 2.49. The van der Waals surface area contributed by atoms with Gasteiger partial charge in [-0.05, 0) is 301 Å². The van der Waals surface area contributed by atoms with E-state index < -0.39 is 96.7 Å². The Kier molecular flexibility index (Phi) is 38.7. The number of aliphatic hydroxyl groups is 4. The number of hydrogen-bond donors (Lipinski definition) is 14. The van der Waals surface area contributed by atoms with Gasteiger partial charge in [-0.2, -0.15) is 0 Å². The van der Waals surface area contributed by atoms with E-state index in [0.29, 0.717) is 79.7 Å². The van der Waals surface area contributed by atoms with Crippen molar-refractivity contribution in [1.82, 2.24) is 42.5 Å². The molecule has 5 saturated carbocycles. The summed E-state index contributed by atoms with van der Waals surface area (Å²) >= 11 is 6.92. The van der Waals surface area contributed by atoms with Crippen molar-refractivity contribution in [3.8, 4) is 36.2 Å². The Bertz CT molecular complexity index is 5690. The van der Waals surface area contributed by atoms with Crippen molar-refractivity contribution in [2.75, 3.05) is 61.0 Å². The van der Waals surface area contributed by atoms with Crippen LogP contribution in [-0.4, -0.2) is 150 Å². The number of ether oxygens (including phenoxy) is 1. The van der Waals surface area contributed by atoms with Crippen LogP contribution in [0.3, 0.4) is 0 Å². The van der Waals surface area contributed by atoms with E-state index in [1.807, 2.05) is 92.0 Å². The third-order valence-corrected chi connectivity index (χ3v) is 27.3. The van der Waals surface area contributed by atoms with Crippen LogP contribution in [0.4, 0.5) is 43.9 Å². The molecule has 0 spiro atoms. The topological polar surface area (TPSA) is 242 Å². The number of halogens is 12. The summed E-state index contributed by atoms with van der Waals surface area (Å²) in [7, 11) is 5.60. The molecule has 724 valence electrons. The van der Waals surface area contributed by atoms with Crippen LogP contribution in [0.5, 0.6) is 0 Å². The van der Waals surface area contributed by atoms with Crippen molar-refractivity contribution in [2.45, 2.75) is 204 Å². The number of aliphatic hydroxyl groups excluding tert-OH is 4. The SMILES string of the molecule is C#Cc1cccc(C2(NC[C@@H](O)[C@@H](N)Cc3cc(F)cc(F)c3)CC2)c1.C#Cc1cccc(C2(NC[C@@H](O)[C@H](Cc3cc(F)cc(F)c3)NC)CC2)c1.CN[C@@H](Cc1cc(F)cc(F)c1)[C@@H]1CO1.CN[C@@H](Cc1cc(F)cc(F)c1)[C@H](O)CNC1(c2cccc(Br)c2)CC1.CN[C@@H](Cc1cc(F)cc(F)c1)[C@H](O)CNC1(c2cccc(C#C[Si](C)(C)C)c2)CC1.NC1(c2cccc(Br)c2)CC1. The minimum Gasteiger partial charge on any atom is -0.390 e. The fraction of sp³-hybridized carbons (Fsp3) is 0.389. The molecule has 6 aliphatic rings. The molecule has 1 saturated heterocycles. The van der Waals surface area contributed by atoms with Crippen LogP contribution >= 0.6 is 31.9 Å². The highest BCUT2D eigenvalue weighted by molar-refractivity contribution is 9.10. The monoisotopic (exact) mass is 2020 g/mol. The number of likely N-dealkylation sites (N-methyl/N-ethyl adjacent to an activating group) is 4. The van der Waals surface area contributed by atoms with Gasteiger partial charge in [-0.3, -0.25) is 0 Å². The fourth-order valence-electron chi connectivity index (χ4n) is 16.6. The van der Waals surface area contributed by atoms with Crippen molar-refractivity contribution in [3.05, 3.63) is 352 Å². The molecule has 15 nitrogen and oxygen atoms in total. The predicted molar refractivity (Wildman–Crippen MR) is 528 cm³/mol. The van der Waals surface area contributed by atoms with Gasteiger partial charge in [0.2, 0.25) is 0 Å². The first kappa shape index (κ1) is 107. The van der Waals surface area contributed by atoms with Gasteiger partial charge in [-0.15, -0.1) is 18.4 Å². The second kappa shape index (κ2) is 49.1. The zero-order valence-corrected chi connectivity index (χ0v) is 81.8. The average molecular weight is 2020 g/mol. The Morgan fingerprint density at radius 3 is 0.926 bits per heavy atom. The van der Waals surface area contributed by atoms with Crippen molar-refractivity contribution >= 4 is 39.9 Å². The quantitative estimate of drug-likeness (QED) is 0.00756. The summed E-state index contributed by atoms with van der Waals surface area (Å²) in [5.74, 6) is 2.59. The summed E-state index contributed by atoms with van der Waals surface area (Å²) in [5, 5.41) is 68.4. The van der Waals surface area contributed by atoms with Crippen molar-refractivity contribution in [2.24, 2.45) is 11.5 Å². The molecule has 0 radical (unpaired) electrons. The lowest BCUT2D eigenvalue weighted by Gasteiger charge is -2.26. The van der Waals surface area contributed by atoms with E-state index in [9.17, 15) is 64.3 Å². The van der Waals surface area contributed by atoms with Gasteiger partial charge in [0.15, 0.2) is 0 Å². The van der Waals surface area contributed by atoms with Gasteiger partial charge in [0, 0.05) is 140 Å². The molecule has 1 heterocycles. The van der Waals surface area contributed by atoms with Gasteiger partial charge in [0.1, 0.15) is 66.2 Å². The lowest BCUT2D eigenvalue weighted by atomic mass is 9.99. The van der Waals surface area contributed by atoms with Gasteiger partial charge < -0.3 is 79.2 Å². The van der Waals surface area contributed by atoms with Gasteiger partial charge in [-0.1, -0.05) is 130 Å². The highest BCUT2D eigenvalue weighted by Gasteiger charge is 2.48. The molecule has 0 unspecified atom stereocenters. The molecule has 10 aromatic carbocycles. The standard InChI is InChI=1S/C25H32F2N2OSi.C22H24F2N2O.C21H22F2N2O.C20H23BrF2N2O.C11H13F2NO.C9H10BrN/c1-28-23(15-19-13-21(26)16-22(27)14-19)24(30)17-29-25(9-10-25)20-7-5-6-18(12-20)8-11-31(2,3)4;1-3-15-5-4-6-17(9-15)22(7-8-22)26-14-21(27)20(25-2)12-16-10-18(23)13-19(24)11-16;1-2-14-4-3-5-16(8-14)21(6-7-21)25-13-20(26)19(24)11-15-9-17(22)12-18(23)10-15;1-24-18(9-13-7-16(22)11-17(23)8-13)19(26)12-25-20(5-6-20)14-3-2-4-15(21)10-14;1-14-10(11-6-15-11)4-7-2-8(12)5-9(13)3-7;10-8-3-1-2-7(6-8)9(11)4-5-9/h5-7,12-14,16,23-24,28-30H,9-10,15,17H2,1-4H3;1,4-6,9-11,13,20-21,25-27H,7-8,12,14H2,2H3;1,3-5,8-10,12,19-20,25-26H,6-7,11,13,24H2;2-4,7-8,10-11,18-19,24-26H,5-6,9,12H2,1H3;2-3,5,10-11,14H,4,6H2,1H3;1-3,6H,4-5,11H2/t23-,24+;20-,21+;19-,20+;18-,19+;10-,11-;/m00000./s1. The Labute approximate surface area is 811 Å². The third kappa shape index (κ3) is 33.0. The summed E-state index contributed by atoms with van der Waals surface area (Å²) in [5.41, 5.74) is 26.1. The van der Waals surface area contributed by atoms with Crippen LogP contribution in [0.2, 0.25) is 19.6 Å². The average Bonchev–Trinajstić information content (AvgIpc) is 1.49. The largest absolute Gasteiger partial charge is 0.390 e. The Balaban J connectivity index is 0.000000160. The van der Waals surface area contributed by atoms with Gasteiger partial charge in [0.05, 0.1) is 37.1 Å². The number of epoxide rings is 1. The highest BCUT2D eigenvalue weighted by atomic mass is 79.9. The maximum atomic E-state index is 13.5. The van der Waals surface area contributed by atoms with Gasteiger partial charge in [0.25, 0.3) is 0 Å². The lowest BCUT2D eigenvalue weighted by molar-refractivity contribution is 0.123. The predicted octanol–water partition coefficient (Wildman–Crippen LogP) is 16.5. The van der Waals surface area contributed by atoms with Crippen molar-refractivity contribution in [3.63, 3.8) is 0 Å². The van der Waals surface area contributed by atoms with Gasteiger partial charge >= 0.3 is 0 Å². The summed E-state index contributed by atoms with van der Waals surface area (Å²) in [6.07, 6.45) is 20.1. The minimum atomic E-state index is -1.44. The van der Waals surface area contributed by atoms with Crippen LogP contribution in [0.15, 0.2) is 221 Å². The first-order chi connectivity index (χ1) is 64.8. The first-order valence-corrected chi connectivity index (χ1v) is 51.0. The van der Waals surface area contributed by atoms with E-state index in [0.717, 1.165) is 138 Å². The molecule has 0 bridgehead atoms. The maximum absolute atomic E-state index is 13.5. The van der Waals surface area contributed by atoms with E-state index in [2.05, 4.69) is 154 Å². The zero-order chi connectivity index (χ0) is 98.3. The Morgan fingerprint density at radius 2 is 0.647 bits per heavy atom. The minimum absolute atomic E-state index is 0.00375. The summed E-state index contributed by atoms with van der Waals surface area (Å²) in [6.45, 7) is 8.85. The number of benzene rings is 10. The molecule has 136 heavy (non-hydrogen) atoms. The molecule has 6 fully saturated rings. The molecular weight excluding hydrogens is 1900 g/mol. The summed E-state index contributed by atoms with van der Waals surface area (Å²) in [4.78, 5) is 0. The van der Waals surface area contributed by atoms with E-state index in [-0.39, 0.29) is 64.4 Å². The van der Waals surface area contributed by atoms with Crippen LogP contribution in [0.25, 0.3) is 0 Å². The van der Waals surface area contributed by atoms with Gasteiger partial charge in [-0.25, -0.2) is 43.9 Å². The van der Waals surface area contributed by atoms with Crippen LogP contribution in [0, 0.1) is 94.3 Å². The molecule has 5 aliphatic carbocycles. The molecular formula is C108H124Br2F10N10O5Si. The first-order valence-electron chi connectivity index (χ1n) is 45.9. The third-order valence-electron chi connectivity index (χ3n) is 25.4. The molecule has 10 atom stereocenters. The number of terminal acetylenes is 2. The normalized spacial score (nSPS) is 17.9. The zero-order valence-electron chi connectivity index (χ0n) is 77.7. The Morgan fingerprint density at radius 1 is 0.375 bits per heavy atom. The number of nitrogens with two attached hydrogens (primary N) is 2. The maximum Gasteiger partial charge on any atom is 0.129 e. The van der Waals surface area contributed by atoms with Crippen molar-refractivity contribution < 1.29 is 69.1 Å². The Hall–Kier alpha value is -9.24. The second-order valence-electron chi connectivity index (χ2n) is 37.4. The van der Waals surface area contributed by atoms with Crippen LogP contribution in [0.1, 0.15) is 137 Å². The summed E-state index contributed by atoms with van der Waals surface area (Å²) in [6, 6.07) is 56.2. The van der Waals surface area contributed by atoms with E-state index in [1.54, 1.807) is 21.1 Å². The number of nitrogens with one attached hydrogen (secondary N) is 8. The van der Waals surface area contributed by atoms with E-state index in [1.165, 1.54) is 77.4 Å². The second-order valence-corrected chi connectivity index (χ2v) is 43.9. The molecule has 1 aliphatic heterocycles. The molecule has 16 rings (SSSR count). The smallest absolute Gasteiger partial charge is 0.129 e. The molecule has 10 aromatic rings. The van der Waals surface area contributed by atoms with Crippen LogP contribution < -0.4 is 54.0 Å². The number of rotatable bonds is 36. The lowest BCUT2D eigenvalue weighted by Crippen LogP contribution is -2.47. The molecule has 0 aromatic heterocycles. The summed E-state index contributed by atoms with van der Waals surface area (Å²) < 4.78 is 140. The fourth-order valence-corrected chi connectivity index (χ4v) is 17.9. The van der Waals surface area contributed by atoms with E-state index in [4.69, 9.17) is 29.1 Å². The molecule has 0 amide bonds. The molecule has 28 heteroatoms. The molecule has 16 N–H and O–H groups in total. The van der Waals surface area contributed by atoms with E-state index >= 15 is 0 Å². The van der Waals surface area contributed by atoms with Crippen LogP contribution in [-0.2, 0) is 64.5 Å².